The van der Waals surface area contributed by atoms with Crippen LogP contribution in [0.2, 0.25) is 0 Å². The normalized spacial score (nSPS) is 17.0. The van der Waals surface area contributed by atoms with E-state index in [0.29, 0.717) is 30.0 Å². The molecule has 1 aliphatic rings. The molecule has 3 aromatic carbocycles. The van der Waals surface area contributed by atoms with E-state index in [1.165, 1.54) is 12.0 Å². The molecule has 1 N–H and O–H groups in total. The van der Waals surface area contributed by atoms with Crippen LogP contribution in [0.5, 0.6) is 11.5 Å². The summed E-state index contributed by atoms with van der Waals surface area (Å²) < 4.78 is 10.7. The van der Waals surface area contributed by atoms with Crippen LogP contribution in [0, 0.1) is 6.92 Å². The number of hydrogen-bond acceptors (Lipinski definition) is 5. The van der Waals surface area contributed by atoms with Gasteiger partial charge in [-0.15, -0.1) is 0 Å². The average molecular weight is 473 g/mol. The molecule has 4 rings (SSSR count). The predicted octanol–water partition coefficient (Wildman–Crippen LogP) is 4.07. The number of methoxy groups -OCH3 is 1. The van der Waals surface area contributed by atoms with Gasteiger partial charge in [-0.25, -0.2) is 4.79 Å². The Morgan fingerprint density at radius 2 is 1.57 bits per heavy atom. The molecule has 0 aliphatic carbocycles. The van der Waals surface area contributed by atoms with Gasteiger partial charge >= 0.3 is 5.97 Å². The van der Waals surface area contributed by atoms with Gasteiger partial charge in [0.15, 0.2) is 0 Å². The molecule has 1 aliphatic heterocycles. The number of carbonyl (C=O) groups excluding carboxylic acids is 3. The molecule has 1 heterocycles. The zero-order valence-corrected chi connectivity index (χ0v) is 19.8. The second kappa shape index (κ2) is 10.9. The van der Waals surface area contributed by atoms with Gasteiger partial charge in [0.2, 0.25) is 5.91 Å². The van der Waals surface area contributed by atoms with Crippen molar-refractivity contribution in [3.63, 3.8) is 0 Å². The summed E-state index contributed by atoms with van der Waals surface area (Å²) in [5.41, 5.74) is 2.63. The minimum Gasteiger partial charge on any atom is -0.467 e. The molecule has 2 amide bonds. The second-order valence-corrected chi connectivity index (χ2v) is 8.50. The molecule has 2 atom stereocenters. The van der Waals surface area contributed by atoms with Crippen molar-refractivity contribution in [1.29, 1.82) is 0 Å². The fraction of sp³-hybridized carbons (Fsp3) is 0.250. The first-order chi connectivity index (χ1) is 17.0. The summed E-state index contributed by atoms with van der Waals surface area (Å²) in [6.45, 7) is 2.20. The zero-order chi connectivity index (χ0) is 24.8. The molecule has 7 nitrogen and oxygen atoms in total. The molecule has 0 radical (unpaired) electrons. The average Bonchev–Trinajstić information content (AvgIpc) is 3.33. The number of esters is 1. The summed E-state index contributed by atoms with van der Waals surface area (Å²) in [7, 11) is 1.32. The number of amides is 2. The van der Waals surface area contributed by atoms with E-state index in [-0.39, 0.29) is 24.3 Å². The molecule has 3 aromatic rings. The highest BCUT2D eigenvalue weighted by atomic mass is 16.5. The van der Waals surface area contributed by atoms with Crippen LogP contribution in [-0.4, -0.2) is 48.9 Å². The lowest BCUT2D eigenvalue weighted by Crippen LogP contribution is -2.46. The van der Waals surface area contributed by atoms with Gasteiger partial charge in [-0.1, -0.05) is 42.5 Å². The molecule has 0 bridgehead atoms. The number of likely N-dealkylation sites (tertiary alicyclic amines) is 1. The summed E-state index contributed by atoms with van der Waals surface area (Å²) in [4.78, 5) is 39.5. The van der Waals surface area contributed by atoms with Gasteiger partial charge in [-0.05, 0) is 60.9 Å². The number of rotatable bonds is 7. The fourth-order valence-corrected chi connectivity index (χ4v) is 4.40. The maximum absolute atomic E-state index is 13.0. The summed E-state index contributed by atoms with van der Waals surface area (Å²) in [5, 5.41) is 2.67. The summed E-state index contributed by atoms with van der Waals surface area (Å²) in [5.74, 6) is 0.170. The Morgan fingerprint density at radius 3 is 2.26 bits per heavy atom. The summed E-state index contributed by atoms with van der Waals surface area (Å²) in [6.07, 6.45) is 0.486. The highest BCUT2D eigenvalue weighted by molar-refractivity contribution is 5.97. The highest BCUT2D eigenvalue weighted by Gasteiger charge is 2.41. The van der Waals surface area contributed by atoms with Gasteiger partial charge < -0.3 is 19.7 Å². The number of hydrogen-bond donors (Lipinski definition) is 1. The molecule has 0 saturated carbocycles. The topological polar surface area (TPSA) is 84.9 Å². The number of carbonyl (C=O) groups is 3. The van der Waals surface area contributed by atoms with E-state index in [4.69, 9.17) is 9.47 Å². The van der Waals surface area contributed by atoms with Crippen molar-refractivity contribution >= 4 is 17.8 Å². The smallest absolute Gasteiger partial charge is 0.328 e. The van der Waals surface area contributed by atoms with E-state index in [0.717, 1.165) is 11.1 Å². The van der Waals surface area contributed by atoms with Crippen LogP contribution in [0.15, 0.2) is 78.9 Å². The quantitative estimate of drug-likeness (QED) is 0.524. The van der Waals surface area contributed by atoms with E-state index in [9.17, 15) is 14.4 Å². The third-order valence-corrected chi connectivity index (χ3v) is 6.22. The molecule has 1 unspecified atom stereocenters. The Hall–Kier alpha value is -4.13. The predicted molar refractivity (Wildman–Crippen MR) is 131 cm³/mol. The Bertz CT molecular complexity index is 1190. The van der Waals surface area contributed by atoms with E-state index < -0.39 is 12.0 Å². The van der Waals surface area contributed by atoms with Crippen molar-refractivity contribution in [2.45, 2.75) is 25.3 Å². The molecule has 1 saturated heterocycles. The first-order valence-electron chi connectivity index (χ1n) is 11.5. The number of aryl methyl sites for hydroxylation is 1. The molecule has 0 aromatic heterocycles. The number of ether oxygens (including phenoxy) is 2. The largest absolute Gasteiger partial charge is 0.467 e. The van der Waals surface area contributed by atoms with Crippen molar-refractivity contribution in [2.75, 3.05) is 20.2 Å². The van der Waals surface area contributed by atoms with Crippen LogP contribution in [0.3, 0.4) is 0 Å². The molecular formula is C28H28N2O5. The Balaban J connectivity index is 1.37. The minimum absolute atomic E-state index is 0.0251. The van der Waals surface area contributed by atoms with Gasteiger partial charge in [0.1, 0.15) is 17.5 Å². The Kier molecular flexibility index (Phi) is 7.45. The molecular weight excluding hydrogens is 444 g/mol. The van der Waals surface area contributed by atoms with Crippen LogP contribution in [0.4, 0.5) is 0 Å². The summed E-state index contributed by atoms with van der Waals surface area (Å²) in [6, 6.07) is 23.3. The van der Waals surface area contributed by atoms with Crippen LogP contribution >= 0.6 is 0 Å². The van der Waals surface area contributed by atoms with Crippen molar-refractivity contribution in [2.24, 2.45) is 0 Å². The molecule has 7 heteroatoms. The Labute approximate surface area is 204 Å². The standard InChI is InChI=1S/C28H28N2O5/c1-19-8-6-7-11-24(19)21-16-25(28(33)34-2)30(18-21)26(31)17-29-27(32)20-12-14-23(15-13-20)35-22-9-4-3-5-10-22/h3-15,21,25H,16-18H2,1-2H3,(H,29,32)/t21?,25-/m0/s1. The lowest BCUT2D eigenvalue weighted by molar-refractivity contribution is -0.150. The van der Waals surface area contributed by atoms with E-state index in [1.807, 2.05) is 61.5 Å². The molecule has 1 fully saturated rings. The van der Waals surface area contributed by atoms with Crippen LogP contribution in [0.1, 0.15) is 33.8 Å². The van der Waals surface area contributed by atoms with Gasteiger partial charge in [0.25, 0.3) is 5.91 Å². The maximum atomic E-state index is 13.0. The monoisotopic (exact) mass is 472 g/mol. The van der Waals surface area contributed by atoms with Crippen molar-refractivity contribution in [1.82, 2.24) is 10.2 Å². The summed E-state index contributed by atoms with van der Waals surface area (Å²) >= 11 is 0. The number of para-hydroxylation sites is 1. The third kappa shape index (κ3) is 5.69. The fourth-order valence-electron chi connectivity index (χ4n) is 4.40. The molecule has 180 valence electrons. The van der Waals surface area contributed by atoms with E-state index >= 15 is 0 Å². The van der Waals surface area contributed by atoms with E-state index in [1.54, 1.807) is 24.3 Å². The lowest BCUT2D eigenvalue weighted by atomic mass is 9.93. The zero-order valence-electron chi connectivity index (χ0n) is 19.8. The molecule has 35 heavy (non-hydrogen) atoms. The SMILES string of the molecule is COC(=O)[C@@H]1CC(c2ccccc2C)CN1C(=O)CNC(=O)c1ccc(Oc2ccccc2)cc1. The minimum atomic E-state index is -0.677. The van der Waals surface area contributed by atoms with Crippen LogP contribution in [0.25, 0.3) is 0 Å². The van der Waals surface area contributed by atoms with Gasteiger partial charge in [0, 0.05) is 18.0 Å². The van der Waals surface area contributed by atoms with Gasteiger partial charge in [0.05, 0.1) is 13.7 Å². The number of nitrogens with zero attached hydrogens (tertiary/aromatic N) is 1. The highest BCUT2D eigenvalue weighted by Crippen LogP contribution is 2.34. The van der Waals surface area contributed by atoms with Gasteiger partial charge in [-0.2, -0.15) is 0 Å². The number of benzene rings is 3. The molecule has 0 spiro atoms. The third-order valence-electron chi connectivity index (χ3n) is 6.22. The van der Waals surface area contributed by atoms with Crippen LogP contribution < -0.4 is 10.1 Å². The second-order valence-electron chi connectivity index (χ2n) is 8.50. The first kappa shape index (κ1) is 24.0. The van der Waals surface area contributed by atoms with Crippen molar-refractivity contribution in [3.05, 3.63) is 95.6 Å². The van der Waals surface area contributed by atoms with Gasteiger partial charge in [-0.3, -0.25) is 9.59 Å². The first-order valence-corrected chi connectivity index (χ1v) is 11.5. The van der Waals surface area contributed by atoms with Crippen molar-refractivity contribution in [3.8, 4) is 11.5 Å². The number of nitrogens with one attached hydrogen (secondary N) is 1. The van der Waals surface area contributed by atoms with Crippen LogP contribution in [-0.2, 0) is 14.3 Å². The van der Waals surface area contributed by atoms with E-state index in [2.05, 4.69) is 5.32 Å². The maximum Gasteiger partial charge on any atom is 0.328 e. The Morgan fingerprint density at radius 1 is 0.914 bits per heavy atom. The lowest BCUT2D eigenvalue weighted by Gasteiger charge is -2.23. The van der Waals surface area contributed by atoms with Crippen molar-refractivity contribution < 1.29 is 23.9 Å².